The number of likely N-dealkylation sites (N-methyl/N-ethyl adjacent to an activating group) is 1. The molecule has 2 aliphatic rings. The lowest BCUT2D eigenvalue weighted by molar-refractivity contribution is 0.0316. The van der Waals surface area contributed by atoms with Crippen LogP contribution in [0.3, 0.4) is 0 Å². The summed E-state index contributed by atoms with van der Waals surface area (Å²) in [4.78, 5) is 5.13. The van der Waals surface area contributed by atoms with E-state index < -0.39 is 0 Å². The molecule has 106 valence electrons. The van der Waals surface area contributed by atoms with Crippen molar-refractivity contribution in [2.45, 2.75) is 44.2 Å². The molecule has 2 unspecified atom stereocenters. The van der Waals surface area contributed by atoms with Crippen LogP contribution in [0.1, 0.15) is 32.6 Å². The van der Waals surface area contributed by atoms with E-state index >= 15 is 0 Å². The summed E-state index contributed by atoms with van der Waals surface area (Å²) in [6.07, 6.45) is 5.26. The zero-order chi connectivity index (χ0) is 13.0. The Balaban J connectivity index is 2.00. The van der Waals surface area contributed by atoms with E-state index in [1.807, 2.05) is 0 Å². The number of piperidine rings is 1. The standard InChI is InChI=1S/C14H29N3O/c1-3-18-11-10-16(2)14(12-15)7-9-17-8-5-4-6-13(14)17/h13H,3-12,15H2,1-2H3. The SMILES string of the molecule is CCOCCN(C)C1(CN)CCN2CCCCC21. The number of rotatable bonds is 6. The molecular formula is C14H29N3O. The minimum absolute atomic E-state index is 0.192. The zero-order valence-electron chi connectivity index (χ0n) is 12.0. The second-order valence-electron chi connectivity index (χ2n) is 5.72. The monoisotopic (exact) mass is 255 g/mol. The Morgan fingerprint density at radius 1 is 1.39 bits per heavy atom. The zero-order valence-corrected chi connectivity index (χ0v) is 12.0. The van der Waals surface area contributed by atoms with Crippen LogP contribution < -0.4 is 5.73 Å². The molecule has 2 atom stereocenters. The van der Waals surface area contributed by atoms with Crippen LogP contribution in [0.4, 0.5) is 0 Å². The van der Waals surface area contributed by atoms with Gasteiger partial charge < -0.3 is 10.5 Å². The Morgan fingerprint density at radius 3 is 2.94 bits per heavy atom. The van der Waals surface area contributed by atoms with Gasteiger partial charge in [0.2, 0.25) is 0 Å². The van der Waals surface area contributed by atoms with Crippen molar-refractivity contribution in [1.82, 2.24) is 9.80 Å². The van der Waals surface area contributed by atoms with Gasteiger partial charge in [0.1, 0.15) is 0 Å². The summed E-state index contributed by atoms with van der Waals surface area (Å²) < 4.78 is 5.49. The molecule has 2 N–H and O–H groups in total. The lowest BCUT2D eigenvalue weighted by atomic mass is 9.84. The van der Waals surface area contributed by atoms with Crippen molar-refractivity contribution >= 4 is 0 Å². The fourth-order valence-corrected chi connectivity index (χ4v) is 3.78. The van der Waals surface area contributed by atoms with Gasteiger partial charge >= 0.3 is 0 Å². The quantitative estimate of drug-likeness (QED) is 0.716. The molecular weight excluding hydrogens is 226 g/mol. The van der Waals surface area contributed by atoms with Crippen molar-refractivity contribution < 1.29 is 4.74 Å². The van der Waals surface area contributed by atoms with Gasteiger partial charge in [0.25, 0.3) is 0 Å². The maximum absolute atomic E-state index is 6.17. The van der Waals surface area contributed by atoms with Crippen LogP contribution in [-0.4, -0.2) is 67.8 Å². The number of hydrogen-bond acceptors (Lipinski definition) is 4. The number of fused-ring (bicyclic) bond motifs is 1. The van der Waals surface area contributed by atoms with Crippen LogP contribution in [0.2, 0.25) is 0 Å². The van der Waals surface area contributed by atoms with Crippen LogP contribution >= 0.6 is 0 Å². The van der Waals surface area contributed by atoms with E-state index in [0.29, 0.717) is 6.04 Å². The average molecular weight is 255 g/mol. The molecule has 0 aliphatic carbocycles. The molecule has 0 aromatic heterocycles. The van der Waals surface area contributed by atoms with Crippen LogP contribution in [0.25, 0.3) is 0 Å². The van der Waals surface area contributed by atoms with Crippen LogP contribution in [0, 0.1) is 0 Å². The fourth-order valence-electron chi connectivity index (χ4n) is 3.78. The van der Waals surface area contributed by atoms with Crippen LogP contribution in [0.5, 0.6) is 0 Å². The van der Waals surface area contributed by atoms with Crippen molar-refractivity contribution in [2.75, 3.05) is 46.4 Å². The Labute approximate surface area is 111 Å². The molecule has 2 saturated heterocycles. The van der Waals surface area contributed by atoms with E-state index in [4.69, 9.17) is 10.5 Å². The molecule has 0 bridgehead atoms. The molecule has 0 aromatic rings. The van der Waals surface area contributed by atoms with E-state index in [0.717, 1.165) is 26.3 Å². The molecule has 4 nitrogen and oxygen atoms in total. The summed E-state index contributed by atoms with van der Waals surface area (Å²) in [5.41, 5.74) is 6.36. The molecule has 0 saturated carbocycles. The lowest BCUT2D eigenvalue weighted by Crippen LogP contribution is -2.61. The van der Waals surface area contributed by atoms with E-state index in [1.54, 1.807) is 0 Å². The lowest BCUT2D eigenvalue weighted by Gasteiger charge is -2.46. The van der Waals surface area contributed by atoms with Gasteiger partial charge in [-0.05, 0) is 39.8 Å². The second kappa shape index (κ2) is 6.33. The number of nitrogens with two attached hydrogens (primary N) is 1. The first-order valence-electron chi connectivity index (χ1n) is 7.47. The summed E-state index contributed by atoms with van der Waals surface area (Å²) in [7, 11) is 2.23. The first-order chi connectivity index (χ1) is 8.74. The molecule has 4 heteroatoms. The fraction of sp³-hybridized carbons (Fsp3) is 1.00. The van der Waals surface area contributed by atoms with E-state index in [9.17, 15) is 0 Å². The van der Waals surface area contributed by atoms with Gasteiger partial charge in [-0.1, -0.05) is 6.42 Å². The highest BCUT2D eigenvalue weighted by molar-refractivity contribution is 5.08. The number of nitrogens with zero attached hydrogens (tertiary/aromatic N) is 2. The third kappa shape index (κ3) is 2.57. The first kappa shape index (κ1) is 14.3. The van der Waals surface area contributed by atoms with E-state index in [-0.39, 0.29) is 5.54 Å². The van der Waals surface area contributed by atoms with Crippen molar-refractivity contribution in [3.05, 3.63) is 0 Å². The Kier molecular flexibility index (Phi) is 5.01. The summed E-state index contributed by atoms with van der Waals surface area (Å²) in [6.45, 7) is 7.94. The van der Waals surface area contributed by atoms with Crippen molar-refractivity contribution in [1.29, 1.82) is 0 Å². The second-order valence-corrected chi connectivity index (χ2v) is 5.72. The van der Waals surface area contributed by atoms with Crippen molar-refractivity contribution in [2.24, 2.45) is 5.73 Å². The minimum Gasteiger partial charge on any atom is -0.380 e. The molecule has 2 heterocycles. The molecule has 18 heavy (non-hydrogen) atoms. The summed E-state index contributed by atoms with van der Waals surface area (Å²) >= 11 is 0. The maximum atomic E-state index is 6.17. The van der Waals surface area contributed by atoms with Gasteiger partial charge in [0.15, 0.2) is 0 Å². The minimum atomic E-state index is 0.192. The number of ether oxygens (including phenoxy) is 1. The highest BCUT2D eigenvalue weighted by Crippen LogP contribution is 2.38. The molecule has 0 spiro atoms. The maximum Gasteiger partial charge on any atom is 0.0593 e. The molecule has 2 rings (SSSR count). The molecule has 2 fully saturated rings. The molecule has 0 radical (unpaired) electrons. The highest BCUT2D eigenvalue weighted by Gasteiger charge is 2.49. The third-order valence-electron chi connectivity index (χ3n) is 4.95. The number of hydrogen-bond donors (Lipinski definition) is 1. The molecule has 0 amide bonds. The predicted molar refractivity (Wildman–Crippen MR) is 74.7 cm³/mol. The summed E-state index contributed by atoms with van der Waals surface area (Å²) in [5.74, 6) is 0. The largest absolute Gasteiger partial charge is 0.380 e. The predicted octanol–water partition coefficient (Wildman–Crippen LogP) is 0.910. The first-order valence-corrected chi connectivity index (χ1v) is 7.47. The van der Waals surface area contributed by atoms with Gasteiger partial charge in [-0.15, -0.1) is 0 Å². The van der Waals surface area contributed by atoms with Crippen LogP contribution in [0.15, 0.2) is 0 Å². The normalized spacial score (nSPS) is 33.0. The van der Waals surface area contributed by atoms with Gasteiger partial charge in [0.05, 0.1) is 6.61 Å². The topological polar surface area (TPSA) is 41.7 Å². The summed E-state index contributed by atoms with van der Waals surface area (Å²) in [5, 5.41) is 0. The molecule has 2 aliphatic heterocycles. The van der Waals surface area contributed by atoms with Crippen molar-refractivity contribution in [3.63, 3.8) is 0 Å². The average Bonchev–Trinajstić information content (AvgIpc) is 2.79. The highest BCUT2D eigenvalue weighted by atomic mass is 16.5. The summed E-state index contributed by atoms with van der Waals surface area (Å²) in [6, 6.07) is 0.669. The smallest absolute Gasteiger partial charge is 0.0593 e. The Morgan fingerprint density at radius 2 is 2.22 bits per heavy atom. The van der Waals surface area contributed by atoms with E-state index in [1.165, 1.54) is 38.8 Å². The third-order valence-corrected chi connectivity index (χ3v) is 4.95. The van der Waals surface area contributed by atoms with Crippen LogP contribution in [-0.2, 0) is 4.74 Å². The molecule has 0 aromatic carbocycles. The van der Waals surface area contributed by atoms with Gasteiger partial charge in [-0.2, -0.15) is 0 Å². The van der Waals surface area contributed by atoms with E-state index in [2.05, 4.69) is 23.8 Å². The Hall–Kier alpha value is -0.160. The van der Waals surface area contributed by atoms with Gasteiger partial charge in [-0.3, -0.25) is 9.80 Å². The van der Waals surface area contributed by atoms with Crippen molar-refractivity contribution in [3.8, 4) is 0 Å². The Bertz CT molecular complexity index is 261. The van der Waals surface area contributed by atoms with Gasteiger partial charge in [-0.25, -0.2) is 0 Å². The van der Waals surface area contributed by atoms with Gasteiger partial charge in [0, 0.05) is 37.8 Å².